The molecule has 2 N–H and O–H groups in total. The molecule has 1 amide bonds. The summed E-state index contributed by atoms with van der Waals surface area (Å²) in [5, 5.41) is 19.6. The molecule has 0 saturated carbocycles. The molecule has 126 valence electrons. The molecule has 2 atom stereocenters. The summed E-state index contributed by atoms with van der Waals surface area (Å²) in [4.78, 5) is 14.0. The lowest BCUT2D eigenvalue weighted by molar-refractivity contribution is -0.123. The molecule has 0 radical (unpaired) electrons. The Balaban J connectivity index is 2.09. The Bertz CT molecular complexity index is 803. The molecular formula is C19H20ClNO3. The number of anilines is 1. The predicted octanol–water partition coefficient (Wildman–Crippen LogP) is 4.22. The van der Waals surface area contributed by atoms with Gasteiger partial charge in [0.15, 0.2) is 0 Å². The Labute approximate surface area is 146 Å². The lowest BCUT2D eigenvalue weighted by atomic mass is 9.89. The van der Waals surface area contributed by atoms with E-state index in [-0.39, 0.29) is 23.3 Å². The molecule has 0 aliphatic carbocycles. The number of para-hydroxylation sites is 1. The van der Waals surface area contributed by atoms with Crippen molar-refractivity contribution in [3.8, 4) is 11.5 Å². The molecule has 0 aromatic heterocycles. The van der Waals surface area contributed by atoms with Gasteiger partial charge in [-0.3, -0.25) is 4.79 Å². The second-order valence-corrected chi connectivity index (χ2v) is 6.94. The number of amides is 1. The van der Waals surface area contributed by atoms with Crippen molar-refractivity contribution in [1.82, 2.24) is 0 Å². The number of β-lactam (4-membered cyclic amide) rings is 1. The number of alkyl halides is 1. The number of halogens is 1. The van der Waals surface area contributed by atoms with Crippen LogP contribution in [0.25, 0.3) is 0 Å². The lowest BCUT2D eigenvalue weighted by Gasteiger charge is -2.45. The number of aromatic hydroxyl groups is 2. The first-order valence-electron chi connectivity index (χ1n) is 7.91. The third-order valence-electron chi connectivity index (χ3n) is 4.51. The SMILES string of the molecule is Cc1cc(O)c(C(C)C)cc1N1C(=O)C(Cl)C1c1ccccc1O. The summed E-state index contributed by atoms with van der Waals surface area (Å²) in [6, 6.07) is 9.98. The highest BCUT2D eigenvalue weighted by Gasteiger charge is 2.49. The van der Waals surface area contributed by atoms with E-state index in [1.807, 2.05) is 32.9 Å². The van der Waals surface area contributed by atoms with Gasteiger partial charge < -0.3 is 15.1 Å². The van der Waals surface area contributed by atoms with Crippen molar-refractivity contribution in [2.24, 2.45) is 0 Å². The molecule has 4 nitrogen and oxygen atoms in total. The van der Waals surface area contributed by atoms with E-state index in [0.29, 0.717) is 11.3 Å². The lowest BCUT2D eigenvalue weighted by Crippen LogP contribution is -2.56. The fraction of sp³-hybridized carbons (Fsp3) is 0.316. The van der Waals surface area contributed by atoms with Crippen LogP contribution >= 0.6 is 11.6 Å². The summed E-state index contributed by atoms with van der Waals surface area (Å²) < 4.78 is 0. The number of hydrogen-bond donors (Lipinski definition) is 2. The van der Waals surface area contributed by atoms with Gasteiger partial charge >= 0.3 is 0 Å². The number of benzene rings is 2. The standard InChI is InChI=1S/C19H20ClNO3/c1-10(2)13-9-14(11(3)8-16(13)23)21-18(17(20)19(21)24)12-6-4-5-7-15(12)22/h4-10,17-18,22-23H,1-3H3. The van der Waals surface area contributed by atoms with Crippen molar-refractivity contribution in [3.05, 3.63) is 53.1 Å². The number of nitrogens with zero attached hydrogens (tertiary/aromatic N) is 1. The number of carbonyl (C=O) groups is 1. The van der Waals surface area contributed by atoms with Crippen LogP contribution in [0.1, 0.15) is 42.5 Å². The molecule has 0 bridgehead atoms. The Morgan fingerprint density at radius 2 is 1.79 bits per heavy atom. The Morgan fingerprint density at radius 1 is 1.12 bits per heavy atom. The van der Waals surface area contributed by atoms with E-state index in [2.05, 4.69) is 0 Å². The fourth-order valence-corrected chi connectivity index (χ4v) is 3.53. The van der Waals surface area contributed by atoms with E-state index in [0.717, 1.165) is 11.1 Å². The van der Waals surface area contributed by atoms with E-state index in [1.54, 1.807) is 29.2 Å². The average molecular weight is 346 g/mol. The van der Waals surface area contributed by atoms with Crippen LogP contribution in [-0.2, 0) is 4.79 Å². The van der Waals surface area contributed by atoms with Gasteiger partial charge in [0, 0.05) is 11.3 Å². The van der Waals surface area contributed by atoms with E-state index in [9.17, 15) is 15.0 Å². The zero-order valence-electron chi connectivity index (χ0n) is 13.8. The molecular weight excluding hydrogens is 326 g/mol. The molecule has 24 heavy (non-hydrogen) atoms. The van der Waals surface area contributed by atoms with Crippen LogP contribution in [0.3, 0.4) is 0 Å². The monoisotopic (exact) mass is 345 g/mol. The third kappa shape index (κ3) is 2.51. The molecule has 1 aliphatic rings. The highest BCUT2D eigenvalue weighted by atomic mass is 35.5. The fourth-order valence-electron chi connectivity index (χ4n) is 3.18. The number of rotatable bonds is 3. The summed E-state index contributed by atoms with van der Waals surface area (Å²) in [5.74, 6) is 0.261. The molecule has 5 heteroatoms. The summed E-state index contributed by atoms with van der Waals surface area (Å²) in [6.07, 6.45) is 0. The third-order valence-corrected chi connectivity index (χ3v) is 4.94. The zero-order chi connectivity index (χ0) is 17.6. The van der Waals surface area contributed by atoms with Crippen LogP contribution < -0.4 is 4.90 Å². The predicted molar refractivity (Wildman–Crippen MR) is 94.9 cm³/mol. The van der Waals surface area contributed by atoms with Crippen LogP contribution in [0.15, 0.2) is 36.4 Å². The van der Waals surface area contributed by atoms with Gasteiger partial charge in [0.1, 0.15) is 16.9 Å². The van der Waals surface area contributed by atoms with Gasteiger partial charge in [-0.2, -0.15) is 0 Å². The first kappa shape index (κ1) is 16.7. The van der Waals surface area contributed by atoms with Gasteiger partial charge in [-0.05, 0) is 42.2 Å². The summed E-state index contributed by atoms with van der Waals surface area (Å²) in [7, 11) is 0. The van der Waals surface area contributed by atoms with Crippen molar-refractivity contribution >= 4 is 23.2 Å². The van der Waals surface area contributed by atoms with E-state index in [1.165, 1.54) is 0 Å². The minimum Gasteiger partial charge on any atom is -0.508 e. The number of aryl methyl sites for hydroxylation is 1. The summed E-state index contributed by atoms with van der Waals surface area (Å²) in [6.45, 7) is 5.81. The van der Waals surface area contributed by atoms with Crippen molar-refractivity contribution in [2.75, 3.05) is 4.90 Å². The molecule has 2 aromatic carbocycles. The number of phenolic OH excluding ortho intramolecular Hbond substituents is 2. The Kier molecular flexibility index (Phi) is 4.18. The van der Waals surface area contributed by atoms with Crippen LogP contribution in [0, 0.1) is 6.92 Å². The maximum absolute atomic E-state index is 12.4. The van der Waals surface area contributed by atoms with Gasteiger partial charge in [0.2, 0.25) is 5.91 Å². The maximum Gasteiger partial charge on any atom is 0.248 e. The van der Waals surface area contributed by atoms with Gasteiger partial charge in [0.25, 0.3) is 0 Å². The minimum absolute atomic E-state index is 0.117. The van der Waals surface area contributed by atoms with Crippen LogP contribution in [-0.4, -0.2) is 21.5 Å². The summed E-state index contributed by atoms with van der Waals surface area (Å²) in [5.41, 5.74) is 2.90. The van der Waals surface area contributed by atoms with Crippen LogP contribution in [0.2, 0.25) is 0 Å². The van der Waals surface area contributed by atoms with Crippen molar-refractivity contribution < 1.29 is 15.0 Å². The number of phenols is 2. The average Bonchev–Trinajstić information content (AvgIpc) is 2.53. The van der Waals surface area contributed by atoms with E-state index < -0.39 is 11.4 Å². The van der Waals surface area contributed by atoms with Gasteiger partial charge in [-0.15, -0.1) is 11.6 Å². The topological polar surface area (TPSA) is 60.8 Å². The van der Waals surface area contributed by atoms with Crippen molar-refractivity contribution in [2.45, 2.75) is 38.1 Å². The Morgan fingerprint density at radius 3 is 2.42 bits per heavy atom. The van der Waals surface area contributed by atoms with Crippen molar-refractivity contribution in [1.29, 1.82) is 0 Å². The molecule has 2 unspecified atom stereocenters. The van der Waals surface area contributed by atoms with Crippen molar-refractivity contribution in [3.63, 3.8) is 0 Å². The molecule has 1 saturated heterocycles. The second-order valence-electron chi connectivity index (χ2n) is 6.47. The van der Waals surface area contributed by atoms with Gasteiger partial charge in [-0.25, -0.2) is 0 Å². The molecule has 1 fully saturated rings. The quantitative estimate of drug-likeness (QED) is 0.646. The zero-order valence-corrected chi connectivity index (χ0v) is 14.6. The molecule has 0 spiro atoms. The van der Waals surface area contributed by atoms with E-state index >= 15 is 0 Å². The molecule has 2 aromatic rings. The first-order chi connectivity index (χ1) is 11.3. The number of carbonyl (C=O) groups excluding carboxylic acids is 1. The van der Waals surface area contributed by atoms with Crippen LogP contribution in [0.4, 0.5) is 5.69 Å². The van der Waals surface area contributed by atoms with Gasteiger partial charge in [-0.1, -0.05) is 32.0 Å². The Hall–Kier alpha value is -2.20. The molecule has 1 heterocycles. The minimum atomic E-state index is -0.714. The van der Waals surface area contributed by atoms with Crippen LogP contribution in [0.5, 0.6) is 11.5 Å². The molecule has 1 aliphatic heterocycles. The highest BCUT2D eigenvalue weighted by Crippen LogP contribution is 2.47. The highest BCUT2D eigenvalue weighted by molar-refractivity contribution is 6.37. The normalized spacial score (nSPS) is 20.4. The first-order valence-corrected chi connectivity index (χ1v) is 8.35. The smallest absolute Gasteiger partial charge is 0.248 e. The van der Waals surface area contributed by atoms with E-state index in [4.69, 9.17) is 11.6 Å². The van der Waals surface area contributed by atoms with Gasteiger partial charge in [0.05, 0.1) is 6.04 Å². The number of hydrogen-bond acceptors (Lipinski definition) is 3. The maximum atomic E-state index is 12.4. The molecule has 3 rings (SSSR count). The summed E-state index contributed by atoms with van der Waals surface area (Å²) >= 11 is 6.25. The second kappa shape index (κ2) is 6.02. The largest absolute Gasteiger partial charge is 0.508 e.